The minimum Gasteiger partial charge on any atom is -0.349 e. The zero-order valence-electron chi connectivity index (χ0n) is 14.7. The van der Waals surface area contributed by atoms with Gasteiger partial charge in [-0.1, -0.05) is 5.21 Å². The number of amides is 1. The second kappa shape index (κ2) is 6.20. The number of carbonyl (C=O) groups is 1. The van der Waals surface area contributed by atoms with Gasteiger partial charge >= 0.3 is 0 Å². The number of nitrogens with zero attached hydrogens (tertiary/aromatic N) is 3. The maximum absolute atomic E-state index is 12.4. The first kappa shape index (κ1) is 17.9. The van der Waals surface area contributed by atoms with Crippen LogP contribution < -0.4 is 16.8 Å². The van der Waals surface area contributed by atoms with Gasteiger partial charge in [0.25, 0.3) is 0 Å². The number of aromatic nitrogens is 3. The van der Waals surface area contributed by atoms with Crippen molar-refractivity contribution in [2.24, 2.45) is 18.5 Å². The molecule has 7 heteroatoms. The first-order chi connectivity index (χ1) is 10.5. The van der Waals surface area contributed by atoms with Gasteiger partial charge in [0.2, 0.25) is 5.91 Å². The molecule has 0 spiro atoms. The van der Waals surface area contributed by atoms with Crippen LogP contribution in [0.2, 0.25) is 0 Å². The van der Waals surface area contributed by atoms with E-state index in [1.165, 1.54) is 0 Å². The van der Waals surface area contributed by atoms with Gasteiger partial charge in [-0.3, -0.25) is 9.48 Å². The Balaban J connectivity index is 2.03. The van der Waals surface area contributed by atoms with Crippen molar-refractivity contribution in [1.29, 1.82) is 0 Å². The van der Waals surface area contributed by atoms with Crippen molar-refractivity contribution in [3.8, 4) is 0 Å². The highest BCUT2D eigenvalue weighted by Gasteiger charge is 2.47. The summed E-state index contributed by atoms with van der Waals surface area (Å²) in [5.41, 5.74) is 12.4. The minimum absolute atomic E-state index is 0.0208. The van der Waals surface area contributed by atoms with E-state index in [2.05, 4.69) is 15.6 Å². The van der Waals surface area contributed by atoms with E-state index >= 15 is 0 Å². The number of nitrogens with one attached hydrogen (secondary N) is 1. The summed E-state index contributed by atoms with van der Waals surface area (Å²) < 4.78 is 1.64. The highest BCUT2D eigenvalue weighted by molar-refractivity contribution is 5.77. The molecule has 23 heavy (non-hydrogen) atoms. The number of hydrogen-bond acceptors (Lipinski definition) is 5. The van der Waals surface area contributed by atoms with Crippen LogP contribution in [0.4, 0.5) is 0 Å². The van der Waals surface area contributed by atoms with Gasteiger partial charge in [0, 0.05) is 37.2 Å². The van der Waals surface area contributed by atoms with Crippen molar-refractivity contribution in [1.82, 2.24) is 20.3 Å². The summed E-state index contributed by atoms with van der Waals surface area (Å²) >= 11 is 0. The van der Waals surface area contributed by atoms with E-state index in [0.717, 1.165) is 25.0 Å². The molecule has 1 fully saturated rings. The summed E-state index contributed by atoms with van der Waals surface area (Å²) in [5.74, 6) is -0.0208. The average Bonchev–Trinajstić information content (AvgIpc) is 2.77. The van der Waals surface area contributed by atoms with Crippen LogP contribution >= 0.6 is 0 Å². The normalized spacial score (nSPS) is 34.9. The van der Waals surface area contributed by atoms with Crippen LogP contribution in [0.25, 0.3) is 0 Å². The minimum atomic E-state index is -0.521. The smallest absolute Gasteiger partial charge is 0.220 e. The second-order valence-electron chi connectivity index (χ2n) is 7.87. The molecule has 7 nitrogen and oxygen atoms in total. The summed E-state index contributed by atoms with van der Waals surface area (Å²) in [7, 11) is 1.81. The molecule has 1 amide bonds. The Labute approximate surface area is 138 Å². The number of carbonyl (C=O) groups excluding carboxylic acids is 1. The summed E-state index contributed by atoms with van der Waals surface area (Å²) in [6.07, 6.45) is 6.17. The molecule has 1 aliphatic carbocycles. The van der Waals surface area contributed by atoms with Gasteiger partial charge in [-0.15, -0.1) is 5.10 Å². The van der Waals surface area contributed by atoms with Gasteiger partial charge in [0.1, 0.15) is 0 Å². The van der Waals surface area contributed by atoms with Crippen molar-refractivity contribution in [2.75, 3.05) is 0 Å². The fourth-order valence-corrected chi connectivity index (χ4v) is 3.54. The third kappa shape index (κ3) is 4.29. The van der Waals surface area contributed by atoms with Gasteiger partial charge in [0.15, 0.2) is 0 Å². The molecule has 1 heterocycles. The van der Waals surface area contributed by atoms with E-state index in [1.807, 2.05) is 34.0 Å². The molecular weight excluding hydrogens is 292 g/mol. The van der Waals surface area contributed by atoms with Gasteiger partial charge < -0.3 is 16.8 Å². The Hall–Kier alpha value is -1.47. The molecule has 1 aromatic heterocycles. The molecule has 0 bridgehead atoms. The zero-order valence-corrected chi connectivity index (χ0v) is 14.7. The van der Waals surface area contributed by atoms with Gasteiger partial charge in [-0.2, -0.15) is 0 Å². The van der Waals surface area contributed by atoms with Crippen LogP contribution in [-0.2, 0) is 18.3 Å². The monoisotopic (exact) mass is 322 g/mol. The quantitative estimate of drug-likeness (QED) is 0.704. The third-order valence-corrected chi connectivity index (χ3v) is 5.14. The zero-order chi connectivity index (χ0) is 17.3. The molecule has 0 aromatic carbocycles. The molecule has 1 aromatic rings. The van der Waals surface area contributed by atoms with E-state index in [0.29, 0.717) is 19.3 Å². The molecule has 3 unspecified atom stereocenters. The molecule has 1 aliphatic rings. The Morgan fingerprint density at radius 3 is 2.65 bits per heavy atom. The lowest BCUT2D eigenvalue weighted by Gasteiger charge is -2.46. The number of aryl methyl sites for hydroxylation is 2. The van der Waals surface area contributed by atoms with Crippen molar-refractivity contribution >= 4 is 5.91 Å². The first-order valence-electron chi connectivity index (χ1n) is 8.27. The number of rotatable bonds is 4. The maximum atomic E-state index is 12.4. The van der Waals surface area contributed by atoms with E-state index < -0.39 is 11.1 Å². The average molecular weight is 322 g/mol. The highest BCUT2D eigenvalue weighted by Crippen LogP contribution is 2.37. The molecule has 5 N–H and O–H groups in total. The number of nitrogens with two attached hydrogens (primary N) is 2. The molecule has 2 rings (SSSR count). The standard InChI is InChI=1S/C16H30N6O/c1-14(17)8-5-9-15(2,18)16(3,11-14)19-13(23)7-6-12-10-22(4)21-20-12/h10H,5-9,11,17-18H2,1-4H3,(H,19,23). The van der Waals surface area contributed by atoms with Gasteiger partial charge in [0.05, 0.1) is 11.2 Å². The SMILES string of the molecule is Cn1cc(CCC(=O)NC2(C)CC(C)(N)CCCC2(C)N)nn1. The second-order valence-corrected chi connectivity index (χ2v) is 7.87. The topological polar surface area (TPSA) is 112 Å². The lowest BCUT2D eigenvalue weighted by Crippen LogP contribution is -2.67. The third-order valence-electron chi connectivity index (χ3n) is 5.14. The van der Waals surface area contributed by atoms with Crippen LogP contribution in [0.15, 0.2) is 6.20 Å². The predicted octanol–water partition coefficient (Wildman–Crippen LogP) is 0.631. The van der Waals surface area contributed by atoms with E-state index in [1.54, 1.807) is 4.68 Å². The van der Waals surface area contributed by atoms with Crippen LogP contribution in [0.1, 0.15) is 58.6 Å². The predicted molar refractivity (Wildman–Crippen MR) is 89.5 cm³/mol. The van der Waals surface area contributed by atoms with E-state index in [9.17, 15) is 4.79 Å². The Morgan fingerprint density at radius 1 is 1.35 bits per heavy atom. The van der Waals surface area contributed by atoms with Crippen LogP contribution in [-0.4, -0.2) is 37.5 Å². The number of hydrogen-bond donors (Lipinski definition) is 3. The summed E-state index contributed by atoms with van der Waals surface area (Å²) in [6.45, 7) is 6.07. The van der Waals surface area contributed by atoms with Crippen LogP contribution in [0.3, 0.4) is 0 Å². The van der Waals surface area contributed by atoms with Crippen molar-refractivity contribution in [3.05, 3.63) is 11.9 Å². The van der Waals surface area contributed by atoms with Crippen LogP contribution in [0.5, 0.6) is 0 Å². The highest BCUT2D eigenvalue weighted by atomic mass is 16.1. The van der Waals surface area contributed by atoms with Crippen molar-refractivity contribution in [3.63, 3.8) is 0 Å². The van der Waals surface area contributed by atoms with Crippen LogP contribution in [0, 0.1) is 0 Å². The molecule has 3 atom stereocenters. The summed E-state index contributed by atoms with van der Waals surface area (Å²) in [6, 6.07) is 0. The van der Waals surface area contributed by atoms with E-state index in [-0.39, 0.29) is 11.4 Å². The first-order valence-corrected chi connectivity index (χ1v) is 8.27. The molecule has 0 aliphatic heterocycles. The fraction of sp³-hybridized carbons (Fsp3) is 0.812. The Bertz CT molecular complexity index is 565. The largest absolute Gasteiger partial charge is 0.349 e. The molecule has 130 valence electrons. The van der Waals surface area contributed by atoms with Gasteiger partial charge in [-0.05, 0) is 46.5 Å². The molecular formula is C16H30N6O. The van der Waals surface area contributed by atoms with E-state index in [4.69, 9.17) is 11.5 Å². The Kier molecular flexibility index (Phi) is 4.82. The molecule has 0 saturated heterocycles. The molecule has 0 radical (unpaired) electrons. The summed E-state index contributed by atoms with van der Waals surface area (Å²) in [5, 5.41) is 11.0. The summed E-state index contributed by atoms with van der Waals surface area (Å²) in [4.78, 5) is 12.4. The fourth-order valence-electron chi connectivity index (χ4n) is 3.54. The lowest BCUT2D eigenvalue weighted by molar-refractivity contribution is -0.124. The van der Waals surface area contributed by atoms with Gasteiger partial charge in [-0.25, -0.2) is 0 Å². The maximum Gasteiger partial charge on any atom is 0.220 e. The van der Waals surface area contributed by atoms with Crippen molar-refractivity contribution < 1.29 is 4.79 Å². The Morgan fingerprint density at radius 2 is 2.04 bits per heavy atom. The van der Waals surface area contributed by atoms with Crippen molar-refractivity contribution in [2.45, 2.75) is 75.9 Å². The lowest BCUT2D eigenvalue weighted by atomic mass is 9.73. The molecule has 1 saturated carbocycles.